The van der Waals surface area contributed by atoms with Crippen LogP contribution < -0.4 is 5.73 Å². The number of aryl methyl sites for hydroxylation is 4. The van der Waals surface area contributed by atoms with Gasteiger partial charge in [0, 0.05) is 23.3 Å². The molecule has 2 aliphatic rings. The zero-order valence-electron chi connectivity index (χ0n) is 15.0. The molecule has 1 fully saturated rings. The Kier molecular flexibility index (Phi) is 4.47. The van der Waals surface area contributed by atoms with Gasteiger partial charge in [-0.15, -0.1) is 0 Å². The molecular formula is C20H30N4. The van der Waals surface area contributed by atoms with Crippen molar-refractivity contribution < 1.29 is 0 Å². The average molecular weight is 326 g/mol. The lowest BCUT2D eigenvalue weighted by molar-refractivity contribution is 0.337. The molecule has 4 rings (SSSR count). The van der Waals surface area contributed by atoms with Crippen molar-refractivity contribution in [1.29, 1.82) is 0 Å². The van der Waals surface area contributed by atoms with Gasteiger partial charge in [-0.25, -0.2) is 4.98 Å². The number of anilines is 1. The van der Waals surface area contributed by atoms with E-state index >= 15 is 0 Å². The number of nitrogens with zero attached hydrogens (tertiary/aromatic N) is 3. The first-order valence-corrected chi connectivity index (χ1v) is 9.94. The van der Waals surface area contributed by atoms with Crippen molar-refractivity contribution in [2.75, 3.05) is 5.73 Å². The maximum atomic E-state index is 6.27. The van der Waals surface area contributed by atoms with Crippen molar-refractivity contribution >= 4 is 16.7 Å². The number of nitrogens with two attached hydrogens (primary N) is 1. The average Bonchev–Trinajstić information content (AvgIpc) is 3.00. The van der Waals surface area contributed by atoms with Gasteiger partial charge in [-0.05, 0) is 56.9 Å². The van der Waals surface area contributed by atoms with E-state index in [1.54, 1.807) is 0 Å². The predicted octanol–water partition coefficient (Wildman–Crippen LogP) is 4.43. The lowest BCUT2D eigenvalue weighted by Crippen LogP contribution is -2.11. The van der Waals surface area contributed by atoms with Gasteiger partial charge in [0.15, 0.2) is 5.82 Å². The maximum absolute atomic E-state index is 6.27. The zero-order valence-corrected chi connectivity index (χ0v) is 15.0. The van der Waals surface area contributed by atoms with E-state index in [0.717, 1.165) is 37.2 Å². The van der Waals surface area contributed by atoms with Gasteiger partial charge in [0.05, 0.1) is 0 Å². The number of nitrogen functional groups attached to an aromatic ring is 1. The number of rotatable bonds is 4. The van der Waals surface area contributed by atoms with Gasteiger partial charge in [-0.2, -0.15) is 5.10 Å². The Balaban J connectivity index is 1.73. The summed E-state index contributed by atoms with van der Waals surface area (Å²) in [5, 5.41) is 6.19. The summed E-state index contributed by atoms with van der Waals surface area (Å²) >= 11 is 0. The number of hydrogen-bond acceptors (Lipinski definition) is 3. The van der Waals surface area contributed by atoms with Crippen LogP contribution in [0.4, 0.5) is 5.82 Å². The summed E-state index contributed by atoms with van der Waals surface area (Å²) in [5.41, 5.74) is 11.3. The Labute approximate surface area is 144 Å². The van der Waals surface area contributed by atoms with Crippen LogP contribution in [0.5, 0.6) is 0 Å². The number of hydrogen-bond donors (Lipinski definition) is 1. The fraction of sp³-hybridized carbons (Fsp3) is 0.700. The summed E-state index contributed by atoms with van der Waals surface area (Å²) in [5.74, 6) is 1.54. The molecule has 0 bridgehead atoms. The van der Waals surface area contributed by atoms with Crippen LogP contribution in [-0.4, -0.2) is 14.8 Å². The van der Waals surface area contributed by atoms with Crippen molar-refractivity contribution in [3.8, 4) is 0 Å². The lowest BCUT2D eigenvalue weighted by Gasteiger charge is -2.22. The Morgan fingerprint density at radius 1 is 1.08 bits per heavy atom. The fourth-order valence-corrected chi connectivity index (χ4v) is 4.81. The highest BCUT2D eigenvalue weighted by Gasteiger charge is 2.23. The molecule has 4 heteroatoms. The van der Waals surface area contributed by atoms with Gasteiger partial charge in [0.25, 0.3) is 0 Å². The Hall–Kier alpha value is -1.58. The largest absolute Gasteiger partial charge is 0.382 e. The van der Waals surface area contributed by atoms with Crippen LogP contribution in [0.25, 0.3) is 10.9 Å². The van der Waals surface area contributed by atoms with Crippen LogP contribution in [0.3, 0.4) is 0 Å². The van der Waals surface area contributed by atoms with E-state index < -0.39 is 0 Å². The molecule has 0 radical (unpaired) electrons. The molecule has 24 heavy (non-hydrogen) atoms. The Bertz CT molecular complexity index is 725. The normalized spacial score (nSPS) is 18.9. The van der Waals surface area contributed by atoms with E-state index in [4.69, 9.17) is 10.8 Å². The lowest BCUT2D eigenvalue weighted by atomic mass is 9.85. The molecule has 2 aromatic rings. The first-order chi connectivity index (χ1) is 11.8. The molecule has 0 unspecified atom stereocenters. The Morgan fingerprint density at radius 2 is 1.88 bits per heavy atom. The van der Waals surface area contributed by atoms with E-state index in [1.165, 1.54) is 73.7 Å². The molecule has 0 saturated heterocycles. The van der Waals surface area contributed by atoms with Gasteiger partial charge in [-0.1, -0.05) is 32.1 Å². The molecule has 2 aromatic heterocycles. The number of pyridine rings is 1. The zero-order chi connectivity index (χ0) is 16.5. The topological polar surface area (TPSA) is 56.7 Å². The van der Waals surface area contributed by atoms with Gasteiger partial charge >= 0.3 is 0 Å². The molecule has 2 aliphatic carbocycles. The molecule has 0 aliphatic heterocycles. The number of fused-ring (bicyclic) bond motifs is 3. The molecule has 2 heterocycles. The molecular weight excluding hydrogens is 296 g/mol. The minimum absolute atomic E-state index is 0.636. The molecule has 130 valence electrons. The third kappa shape index (κ3) is 2.80. The summed E-state index contributed by atoms with van der Waals surface area (Å²) in [6.07, 6.45) is 14.3. The SMILES string of the molecule is CCn1nc2c(N)nc3c(c2c1CCC1CCCCC1)CCCC3. The van der Waals surface area contributed by atoms with Gasteiger partial charge in [0.2, 0.25) is 0 Å². The quantitative estimate of drug-likeness (QED) is 0.904. The third-order valence-corrected chi connectivity index (χ3v) is 6.11. The molecule has 1 saturated carbocycles. The standard InChI is InChI=1S/C20H30N4/c1-2-24-17(13-12-14-8-4-3-5-9-14)18-15-10-6-7-11-16(15)22-20(21)19(18)23-24/h14H,2-13H2,1H3,(H2,21,22). The molecule has 2 N–H and O–H groups in total. The monoisotopic (exact) mass is 326 g/mol. The van der Waals surface area contributed by atoms with Crippen molar-refractivity contribution in [3.05, 3.63) is 17.0 Å². The van der Waals surface area contributed by atoms with Crippen LogP contribution in [0.15, 0.2) is 0 Å². The summed E-state index contributed by atoms with van der Waals surface area (Å²) < 4.78 is 2.19. The predicted molar refractivity (Wildman–Crippen MR) is 99.2 cm³/mol. The second kappa shape index (κ2) is 6.73. The highest BCUT2D eigenvalue weighted by atomic mass is 15.3. The van der Waals surface area contributed by atoms with Crippen molar-refractivity contribution in [1.82, 2.24) is 14.8 Å². The van der Waals surface area contributed by atoms with Crippen molar-refractivity contribution in [2.45, 2.75) is 84.1 Å². The van der Waals surface area contributed by atoms with E-state index in [1.807, 2.05) is 0 Å². The first-order valence-electron chi connectivity index (χ1n) is 9.94. The summed E-state index contributed by atoms with van der Waals surface area (Å²) in [6.45, 7) is 3.11. The molecule has 0 aromatic carbocycles. The fourth-order valence-electron chi connectivity index (χ4n) is 4.81. The smallest absolute Gasteiger partial charge is 0.152 e. The minimum atomic E-state index is 0.636. The molecule has 4 nitrogen and oxygen atoms in total. The van der Waals surface area contributed by atoms with Gasteiger partial charge < -0.3 is 5.73 Å². The second-order valence-electron chi connectivity index (χ2n) is 7.66. The van der Waals surface area contributed by atoms with Gasteiger partial charge in [0.1, 0.15) is 5.52 Å². The molecule has 0 spiro atoms. The Morgan fingerprint density at radius 3 is 2.67 bits per heavy atom. The third-order valence-electron chi connectivity index (χ3n) is 6.11. The highest BCUT2D eigenvalue weighted by molar-refractivity contribution is 5.93. The summed E-state index contributed by atoms with van der Waals surface area (Å²) in [4.78, 5) is 4.68. The van der Waals surface area contributed by atoms with E-state index in [9.17, 15) is 0 Å². The van der Waals surface area contributed by atoms with E-state index in [-0.39, 0.29) is 0 Å². The minimum Gasteiger partial charge on any atom is -0.382 e. The highest BCUT2D eigenvalue weighted by Crippen LogP contribution is 2.35. The molecule has 0 amide bonds. The number of aromatic nitrogens is 3. The van der Waals surface area contributed by atoms with Crippen LogP contribution in [0.2, 0.25) is 0 Å². The van der Waals surface area contributed by atoms with E-state index in [2.05, 4.69) is 16.6 Å². The summed E-state index contributed by atoms with van der Waals surface area (Å²) in [6, 6.07) is 0. The van der Waals surface area contributed by atoms with Crippen LogP contribution >= 0.6 is 0 Å². The first kappa shape index (κ1) is 15.9. The van der Waals surface area contributed by atoms with Crippen LogP contribution in [-0.2, 0) is 25.8 Å². The summed E-state index contributed by atoms with van der Waals surface area (Å²) in [7, 11) is 0. The van der Waals surface area contributed by atoms with Crippen LogP contribution in [0.1, 0.15) is 75.2 Å². The molecule has 0 atom stereocenters. The van der Waals surface area contributed by atoms with E-state index in [0.29, 0.717) is 5.82 Å². The van der Waals surface area contributed by atoms with Crippen LogP contribution in [0, 0.1) is 5.92 Å². The van der Waals surface area contributed by atoms with Crippen molar-refractivity contribution in [3.63, 3.8) is 0 Å². The van der Waals surface area contributed by atoms with Crippen molar-refractivity contribution in [2.24, 2.45) is 5.92 Å². The van der Waals surface area contributed by atoms with Gasteiger partial charge in [-0.3, -0.25) is 4.68 Å². The second-order valence-corrected chi connectivity index (χ2v) is 7.66. The maximum Gasteiger partial charge on any atom is 0.152 e.